The van der Waals surface area contributed by atoms with Crippen LogP contribution in [0.25, 0.3) is 34.4 Å². The van der Waals surface area contributed by atoms with E-state index in [1.807, 2.05) is 11.1 Å². The molecule has 0 nitrogen and oxygen atoms in total. The Balaban J connectivity index is 0.00000360. The molecule has 66 heavy (non-hydrogen) atoms. The molecule has 2 saturated carbocycles. The van der Waals surface area contributed by atoms with Crippen molar-refractivity contribution in [3.8, 4) is 22.3 Å². The maximum atomic E-state index is 2.97. The minimum absolute atomic E-state index is 0. The zero-order chi connectivity index (χ0) is 44.8. The summed E-state index contributed by atoms with van der Waals surface area (Å²) < 4.78 is 7.00. The largest absolute Gasteiger partial charge is 0.147 e. The predicted molar refractivity (Wildman–Crippen MR) is 297 cm³/mol. The van der Waals surface area contributed by atoms with Crippen molar-refractivity contribution >= 4 is 43.8 Å². The molecule has 358 valence electrons. The molecule has 4 aliphatic rings. The van der Waals surface area contributed by atoms with Crippen molar-refractivity contribution in [1.29, 1.82) is 0 Å². The number of hydrogen-bond donors (Lipinski definition) is 0. The van der Waals surface area contributed by atoms with Gasteiger partial charge in [-0.3, -0.25) is 0 Å². The molecule has 4 aliphatic carbocycles. The van der Waals surface area contributed by atoms with Gasteiger partial charge in [0.05, 0.1) is 0 Å². The van der Waals surface area contributed by atoms with E-state index >= 15 is 0 Å². The molecule has 0 radical (unpaired) electrons. The molecule has 0 heterocycles. The van der Waals surface area contributed by atoms with Crippen LogP contribution in [0.3, 0.4) is 0 Å². The molecular weight excluding hydrogens is 935 g/mol. The Labute approximate surface area is 418 Å². The second-order valence-electron chi connectivity index (χ2n) is 23.1. The second kappa shape index (κ2) is 23.3. The molecule has 0 aliphatic heterocycles. The van der Waals surface area contributed by atoms with Gasteiger partial charge < -0.3 is 0 Å². The Morgan fingerprint density at radius 1 is 0.470 bits per heavy atom. The molecule has 0 bridgehead atoms. The van der Waals surface area contributed by atoms with Gasteiger partial charge in [0.2, 0.25) is 0 Å². The SMILES string of the molecule is CCCC1(CC2=Cc3c(-c4ccc(CC)cc4)cccc3[CH]2[Zr]([CH3])([CH3])(=[SiH2])[CH]2C(CC3(CCC)CCCCCCCC3)=Cc3c(-c4ccc(CC)cc4)cccc32)CCCCCCCC1.Cl.Cl. The molecule has 2 unspecified atom stereocenters. The zero-order valence-corrected chi connectivity index (χ0v) is 47.9. The van der Waals surface area contributed by atoms with Crippen LogP contribution >= 0.6 is 24.8 Å². The van der Waals surface area contributed by atoms with Crippen molar-refractivity contribution in [2.75, 3.05) is 0 Å². The molecule has 0 N–H and O–H groups in total. The van der Waals surface area contributed by atoms with Gasteiger partial charge in [-0.05, 0) is 0 Å². The number of hydrogen-bond acceptors (Lipinski definition) is 0. The minimum atomic E-state index is -4.06. The standard InChI is InChI=1S/2C30H39.2CH3.2ClH.H2Si.Zr/c2*1-3-18-30(19-9-7-5-6-8-10-20-30)23-25-21-27-12-11-13-28(29(27)22-25)26-16-14-24(4-2)15-17-26;;;;;;/h2*11-17,21-22H,3-10,18-20,23H2,1-2H3;2*1H3;2*1H;1H2;. The zero-order valence-electron chi connectivity index (χ0n) is 42.4. The normalized spacial score (nSPS) is 20.9. The summed E-state index contributed by atoms with van der Waals surface area (Å²) in [4.78, 5) is 0. The van der Waals surface area contributed by atoms with Crippen LogP contribution < -0.4 is 0 Å². The van der Waals surface area contributed by atoms with Crippen LogP contribution in [0, 0.1) is 10.8 Å². The first-order valence-corrected chi connectivity index (χ1v) is 40.6. The van der Waals surface area contributed by atoms with E-state index < -0.39 is 17.4 Å². The van der Waals surface area contributed by atoms with Gasteiger partial charge >= 0.3 is 397 Å². The average Bonchev–Trinajstić information content (AvgIpc) is 3.92. The number of fused-ring (bicyclic) bond motifs is 2. The van der Waals surface area contributed by atoms with E-state index in [1.165, 1.54) is 175 Å². The number of benzene rings is 4. The van der Waals surface area contributed by atoms with Gasteiger partial charge in [-0.15, -0.1) is 24.8 Å². The molecule has 4 aromatic carbocycles. The van der Waals surface area contributed by atoms with Crippen molar-refractivity contribution in [2.24, 2.45) is 10.8 Å². The summed E-state index contributed by atoms with van der Waals surface area (Å²) in [6.45, 7) is 12.2. The Morgan fingerprint density at radius 3 is 1.12 bits per heavy atom. The van der Waals surface area contributed by atoms with Gasteiger partial charge in [-0.25, -0.2) is 0 Å². The van der Waals surface area contributed by atoms with E-state index in [2.05, 4.69) is 141 Å². The fraction of sp³-hybridized carbons (Fsp3) is 0.548. The molecule has 0 aromatic heterocycles. The first kappa shape index (κ1) is 53.4. The monoisotopic (exact) mass is 1020 g/mol. The summed E-state index contributed by atoms with van der Waals surface area (Å²) in [5.41, 5.74) is 19.5. The van der Waals surface area contributed by atoms with Gasteiger partial charge in [-0.1, -0.05) is 0 Å². The van der Waals surface area contributed by atoms with Crippen LogP contribution in [0.1, 0.15) is 210 Å². The molecule has 4 aromatic rings. The van der Waals surface area contributed by atoms with Crippen LogP contribution in [0.5, 0.6) is 0 Å². The van der Waals surface area contributed by atoms with E-state index in [1.54, 1.807) is 22.3 Å². The maximum absolute atomic E-state index is 4.06. The first-order chi connectivity index (χ1) is 31.0. The van der Waals surface area contributed by atoms with Gasteiger partial charge in [0.25, 0.3) is 0 Å². The first-order valence-electron chi connectivity index (χ1n) is 26.9. The van der Waals surface area contributed by atoms with Crippen LogP contribution in [0.4, 0.5) is 0 Å². The average molecular weight is 1020 g/mol. The van der Waals surface area contributed by atoms with E-state index in [0.29, 0.717) is 18.1 Å². The van der Waals surface area contributed by atoms with E-state index in [-0.39, 0.29) is 24.8 Å². The van der Waals surface area contributed by atoms with Crippen LogP contribution in [-0.2, 0) is 30.2 Å². The topological polar surface area (TPSA) is 0 Å². The summed E-state index contributed by atoms with van der Waals surface area (Å²) in [6.07, 6.45) is 38.5. The quantitative estimate of drug-likeness (QED) is 0.110. The Hall–Kier alpha value is -1.96. The summed E-state index contributed by atoms with van der Waals surface area (Å²) in [7, 11) is 0. The van der Waals surface area contributed by atoms with Crippen LogP contribution in [0.2, 0.25) is 9.26 Å². The number of allylic oxidation sites excluding steroid dienone is 2. The minimum Gasteiger partial charge on any atom is -0.147 e. The molecule has 2 atom stereocenters. The van der Waals surface area contributed by atoms with Crippen molar-refractivity contribution in [3.63, 3.8) is 0 Å². The van der Waals surface area contributed by atoms with Crippen LogP contribution in [-0.4, -0.2) is 6.88 Å². The number of aryl methyl sites for hydroxylation is 2. The van der Waals surface area contributed by atoms with Gasteiger partial charge in [0.1, 0.15) is 0 Å². The Morgan fingerprint density at radius 2 is 0.803 bits per heavy atom. The van der Waals surface area contributed by atoms with Crippen molar-refractivity contribution in [3.05, 3.63) is 129 Å². The van der Waals surface area contributed by atoms with Crippen molar-refractivity contribution in [1.82, 2.24) is 0 Å². The van der Waals surface area contributed by atoms with E-state index in [0.717, 1.165) is 12.8 Å². The third kappa shape index (κ3) is 11.5. The number of halogens is 2. The molecule has 2 fully saturated rings. The third-order valence-electron chi connectivity index (χ3n) is 17.6. The predicted octanol–water partition coefficient (Wildman–Crippen LogP) is 19.5. The van der Waals surface area contributed by atoms with E-state index in [4.69, 9.17) is 0 Å². The fourth-order valence-electron chi connectivity index (χ4n) is 14.6. The number of rotatable bonds is 14. The second-order valence-corrected chi connectivity index (χ2v) is 53.5. The molecule has 4 heteroatoms. The van der Waals surface area contributed by atoms with E-state index in [9.17, 15) is 0 Å². The molecule has 0 saturated heterocycles. The molecule has 8 rings (SSSR count). The van der Waals surface area contributed by atoms with Gasteiger partial charge in [0, 0.05) is 0 Å². The molecule has 0 amide bonds. The fourth-order valence-corrected chi connectivity index (χ4v) is 34.3. The smallest absolute Gasteiger partial charge is 0.147 e. The molecular formula is C62H88Cl2SiZr. The maximum Gasteiger partial charge on any atom is -0.147 e. The summed E-state index contributed by atoms with van der Waals surface area (Å²) >= 11 is -4.06. The van der Waals surface area contributed by atoms with Crippen molar-refractivity contribution < 1.29 is 17.4 Å². The van der Waals surface area contributed by atoms with Gasteiger partial charge in [0.15, 0.2) is 0 Å². The third-order valence-corrected chi connectivity index (χ3v) is 35.1. The summed E-state index contributed by atoms with van der Waals surface area (Å²) in [5, 5.41) is 0. The molecule has 0 spiro atoms. The Bertz CT molecular complexity index is 2160. The van der Waals surface area contributed by atoms with Crippen LogP contribution in [0.15, 0.2) is 96.1 Å². The van der Waals surface area contributed by atoms with Crippen molar-refractivity contribution in [2.45, 2.75) is 198 Å². The van der Waals surface area contributed by atoms with Gasteiger partial charge in [-0.2, -0.15) is 0 Å². The Kier molecular flexibility index (Phi) is 18.9. The summed E-state index contributed by atoms with van der Waals surface area (Å²) in [5.74, 6) is 0. The summed E-state index contributed by atoms with van der Waals surface area (Å²) in [6, 6.07) is 34.3.